The molecule has 0 radical (unpaired) electrons. The Kier molecular flexibility index (Phi) is 5.08. The van der Waals surface area contributed by atoms with Gasteiger partial charge < -0.3 is 14.6 Å². The summed E-state index contributed by atoms with van der Waals surface area (Å²) < 4.78 is 11.2. The molecule has 0 amide bonds. The number of methoxy groups -OCH3 is 1. The Morgan fingerprint density at radius 3 is 2.63 bits per heavy atom. The van der Waals surface area contributed by atoms with Gasteiger partial charge in [-0.25, -0.2) is 0 Å². The lowest BCUT2D eigenvalue weighted by Crippen LogP contribution is -2.16. The van der Waals surface area contributed by atoms with E-state index >= 15 is 0 Å². The third-order valence-corrected chi connectivity index (χ3v) is 3.87. The van der Waals surface area contributed by atoms with Gasteiger partial charge in [0.05, 0.1) is 19.8 Å². The smallest absolute Gasteiger partial charge is 0.128 e. The highest BCUT2D eigenvalue weighted by molar-refractivity contribution is 5.41. The second-order valence-electron chi connectivity index (χ2n) is 5.39. The van der Waals surface area contributed by atoms with Gasteiger partial charge >= 0.3 is 0 Å². The molecular formula is C16H24O3. The minimum Gasteiger partial charge on any atom is -0.497 e. The first-order chi connectivity index (χ1) is 9.20. The summed E-state index contributed by atoms with van der Waals surface area (Å²) in [6.45, 7) is 2.50. The van der Waals surface area contributed by atoms with Crippen molar-refractivity contribution >= 4 is 0 Å². The van der Waals surface area contributed by atoms with Gasteiger partial charge in [-0.15, -0.1) is 0 Å². The summed E-state index contributed by atoms with van der Waals surface area (Å²) in [5, 5.41) is 9.78. The van der Waals surface area contributed by atoms with Crippen LogP contribution in [0.15, 0.2) is 18.2 Å². The Bertz CT molecular complexity index is 395. The molecule has 1 aliphatic rings. The van der Waals surface area contributed by atoms with E-state index < -0.39 is 6.10 Å². The van der Waals surface area contributed by atoms with Crippen LogP contribution in [0.3, 0.4) is 0 Å². The molecule has 3 heteroatoms. The van der Waals surface area contributed by atoms with Crippen molar-refractivity contribution in [3.63, 3.8) is 0 Å². The van der Waals surface area contributed by atoms with Gasteiger partial charge in [0.25, 0.3) is 0 Å². The average Bonchev–Trinajstić information content (AvgIpc) is 2.45. The molecule has 3 nitrogen and oxygen atoms in total. The molecule has 1 aromatic carbocycles. The predicted molar refractivity (Wildman–Crippen MR) is 75.7 cm³/mol. The molecule has 19 heavy (non-hydrogen) atoms. The lowest BCUT2D eigenvalue weighted by molar-refractivity contribution is 0.177. The zero-order valence-corrected chi connectivity index (χ0v) is 11.9. The van der Waals surface area contributed by atoms with Crippen LogP contribution in [0.2, 0.25) is 0 Å². The Balaban J connectivity index is 2.03. The molecule has 0 aromatic heterocycles. The number of benzene rings is 1. The molecule has 0 bridgehead atoms. The lowest BCUT2D eigenvalue weighted by Gasteiger charge is -2.23. The van der Waals surface area contributed by atoms with Crippen molar-refractivity contribution in [2.24, 2.45) is 5.92 Å². The first-order valence-corrected chi connectivity index (χ1v) is 7.19. The highest BCUT2D eigenvalue weighted by Gasteiger charge is 2.16. The number of aliphatic hydroxyl groups is 1. The number of aliphatic hydroxyl groups excluding tert-OH is 1. The van der Waals surface area contributed by atoms with Gasteiger partial charge in [0.15, 0.2) is 0 Å². The predicted octanol–water partition coefficient (Wildman–Crippen LogP) is 3.71. The van der Waals surface area contributed by atoms with Crippen molar-refractivity contribution in [2.45, 2.75) is 45.1 Å². The van der Waals surface area contributed by atoms with E-state index in [0.29, 0.717) is 5.92 Å². The van der Waals surface area contributed by atoms with E-state index in [1.54, 1.807) is 14.0 Å². The monoisotopic (exact) mass is 264 g/mol. The van der Waals surface area contributed by atoms with Crippen molar-refractivity contribution < 1.29 is 14.6 Å². The molecule has 1 saturated carbocycles. The second-order valence-corrected chi connectivity index (χ2v) is 5.39. The van der Waals surface area contributed by atoms with Crippen molar-refractivity contribution in [3.8, 4) is 11.5 Å². The van der Waals surface area contributed by atoms with Crippen LogP contribution in [0.25, 0.3) is 0 Å². The minimum atomic E-state index is -0.521. The molecule has 1 unspecified atom stereocenters. The zero-order valence-electron chi connectivity index (χ0n) is 11.9. The van der Waals surface area contributed by atoms with Gasteiger partial charge in [0, 0.05) is 11.6 Å². The van der Waals surface area contributed by atoms with Gasteiger partial charge in [-0.1, -0.05) is 19.3 Å². The first kappa shape index (κ1) is 14.2. The molecular weight excluding hydrogens is 240 g/mol. The molecule has 0 spiro atoms. The van der Waals surface area contributed by atoms with E-state index in [1.165, 1.54) is 32.1 Å². The zero-order chi connectivity index (χ0) is 13.7. The van der Waals surface area contributed by atoms with Crippen molar-refractivity contribution in [1.29, 1.82) is 0 Å². The number of rotatable bonds is 5. The maximum Gasteiger partial charge on any atom is 0.128 e. The first-order valence-electron chi connectivity index (χ1n) is 7.19. The Hall–Kier alpha value is -1.22. The van der Waals surface area contributed by atoms with E-state index in [1.807, 2.05) is 18.2 Å². The Morgan fingerprint density at radius 2 is 2.00 bits per heavy atom. The highest BCUT2D eigenvalue weighted by atomic mass is 16.5. The third kappa shape index (κ3) is 3.87. The Labute approximate surface area is 115 Å². The molecule has 1 aromatic rings. The summed E-state index contributed by atoms with van der Waals surface area (Å²) in [4.78, 5) is 0. The minimum absolute atomic E-state index is 0.521. The van der Waals surface area contributed by atoms with Crippen molar-refractivity contribution in [2.75, 3.05) is 13.7 Å². The van der Waals surface area contributed by atoms with E-state index in [-0.39, 0.29) is 0 Å². The summed E-state index contributed by atoms with van der Waals surface area (Å²) in [6, 6.07) is 5.60. The standard InChI is InChI=1S/C16H24O3/c1-12(17)15-9-8-14(18-2)10-16(15)19-11-13-6-4-3-5-7-13/h8-10,12-13,17H,3-7,11H2,1-2H3. The number of ether oxygens (including phenoxy) is 2. The van der Waals surface area contributed by atoms with Crippen LogP contribution in [0, 0.1) is 5.92 Å². The fourth-order valence-electron chi connectivity index (χ4n) is 2.67. The van der Waals surface area contributed by atoms with Crippen molar-refractivity contribution in [3.05, 3.63) is 23.8 Å². The van der Waals surface area contributed by atoms with Gasteiger partial charge in [-0.05, 0) is 37.8 Å². The maximum absolute atomic E-state index is 9.78. The van der Waals surface area contributed by atoms with Gasteiger partial charge in [0.1, 0.15) is 11.5 Å². The molecule has 1 fully saturated rings. The molecule has 0 saturated heterocycles. The van der Waals surface area contributed by atoms with Crippen LogP contribution < -0.4 is 9.47 Å². The molecule has 0 aliphatic heterocycles. The van der Waals surface area contributed by atoms with Crippen LogP contribution in [0.4, 0.5) is 0 Å². The summed E-state index contributed by atoms with van der Waals surface area (Å²) in [5.74, 6) is 2.17. The fraction of sp³-hybridized carbons (Fsp3) is 0.625. The van der Waals surface area contributed by atoms with Crippen LogP contribution >= 0.6 is 0 Å². The summed E-state index contributed by atoms with van der Waals surface area (Å²) in [7, 11) is 1.64. The fourth-order valence-corrected chi connectivity index (χ4v) is 2.67. The SMILES string of the molecule is COc1ccc(C(C)O)c(OCC2CCCCC2)c1. The Morgan fingerprint density at radius 1 is 1.26 bits per heavy atom. The van der Waals surface area contributed by atoms with Gasteiger partial charge in [0.2, 0.25) is 0 Å². The largest absolute Gasteiger partial charge is 0.497 e. The molecule has 2 rings (SSSR count). The van der Waals surface area contributed by atoms with E-state index in [9.17, 15) is 5.11 Å². The van der Waals surface area contributed by atoms with E-state index in [0.717, 1.165) is 23.7 Å². The van der Waals surface area contributed by atoms with Crippen LogP contribution in [-0.2, 0) is 0 Å². The van der Waals surface area contributed by atoms with Gasteiger partial charge in [-0.3, -0.25) is 0 Å². The molecule has 1 N–H and O–H groups in total. The molecule has 1 aliphatic carbocycles. The number of hydrogen-bond donors (Lipinski definition) is 1. The lowest BCUT2D eigenvalue weighted by atomic mass is 9.90. The van der Waals surface area contributed by atoms with E-state index in [4.69, 9.17) is 9.47 Å². The maximum atomic E-state index is 9.78. The molecule has 0 heterocycles. The summed E-state index contributed by atoms with van der Waals surface area (Å²) in [5.41, 5.74) is 0.830. The van der Waals surface area contributed by atoms with Crippen LogP contribution in [0.1, 0.15) is 50.7 Å². The van der Waals surface area contributed by atoms with Gasteiger partial charge in [-0.2, -0.15) is 0 Å². The average molecular weight is 264 g/mol. The van der Waals surface area contributed by atoms with Crippen LogP contribution in [0.5, 0.6) is 11.5 Å². The van der Waals surface area contributed by atoms with Crippen molar-refractivity contribution in [1.82, 2.24) is 0 Å². The summed E-state index contributed by atoms with van der Waals surface area (Å²) in [6.07, 6.45) is 5.98. The summed E-state index contributed by atoms with van der Waals surface area (Å²) >= 11 is 0. The topological polar surface area (TPSA) is 38.7 Å². The molecule has 106 valence electrons. The quantitative estimate of drug-likeness (QED) is 0.881. The number of hydrogen-bond acceptors (Lipinski definition) is 3. The molecule has 1 atom stereocenters. The third-order valence-electron chi connectivity index (χ3n) is 3.87. The highest BCUT2D eigenvalue weighted by Crippen LogP contribution is 2.31. The van der Waals surface area contributed by atoms with Crippen LogP contribution in [-0.4, -0.2) is 18.8 Å². The van der Waals surface area contributed by atoms with E-state index in [2.05, 4.69) is 0 Å². The normalized spacial score (nSPS) is 18.1. The second kappa shape index (κ2) is 6.80.